The predicted octanol–water partition coefficient (Wildman–Crippen LogP) is 1.25. The summed E-state index contributed by atoms with van der Waals surface area (Å²) in [5.74, 6) is 6.40. The van der Waals surface area contributed by atoms with Gasteiger partial charge in [-0.05, 0) is 27.2 Å². The van der Waals surface area contributed by atoms with Crippen LogP contribution in [0.2, 0.25) is 0 Å². The van der Waals surface area contributed by atoms with E-state index in [0.717, 1.165) is 19.6 Å². The SMILES string of the molecule is CC(C)(C)C#CCN1CCCN1. The van der Waals surface area contributed by atoms with Gasteiger partial charge in [0, 0.05) is 18.5 Å². The normalized spacial score (nSPS) is 18.9. The third-order valence-electron chi connectivity index (χ3n) is 1.67. The van der Waals surface area contributed by atoms with Crippen LogP contribution in [0.25, 0.3) is 0 Å². The first-order chi connectivity index (χ1) is 5.58. The Morgan fingerprint density at radius 3 is 2.67 bits per heavy atom. The van der Waals surface area contributed by atoms with Crippen LogP contribution in [0, 0.1) is 17.3 Å². The van der Waals surface area contributed by atoms with Crippen LogP contribution in [0.5, 0.6) is 0 Å². The zero-order chi connectivity index (χ0) is 9.03. The first-order valence-electron chi connectivity index (χ1n) is 4.56. The maximum Gasteiger partial charge on any atom is 0.0742 e. The van der Waals surface area contributed by atoms with Gasteiger partial charge in [-0.3, -0.25) is 5.43 Å². The first-order valence-corrected chi connectivity index (χ1v) is 4.56. The Bertz CT molecular complexity index is 186. The molecule has 0 bridgehead atoms. The van der Waals surface area contributed by atoms with E-state index in [9.17, 15) is 0 Å². The molecule has 0 saturated carbocycles. The van der Waals surface area contributed by atoms with Gasteiger partial charge in [-0.1, -0.05) is 11.8 Å². The molecule has 2 nitrogen and oxygen atoms in total. The van der Waals surface area contributed by atoms with Crippen LogP contribution < -0.4 is 5.43 Å². The van der Waals surface area contributed by atoms with Crippen molar-refractivity contribution in [1.82, 2.24) is 10.4 Å². The van der Waals surface area contributed by atoms with Crippen LogP contribution in [-0.4, -0.2) is 24.6 Å². The van der Waals surface area contributed by atoms with Crippen molar-refractivity contribution in [3.8, 4) is 11.8 Å². The summed E-state index contributed by atoms with van der Waals surface area (Å²) in [5, 5.41) is 2.18. The second-order valence-electron chi connectivity index (χ2n) is 4.23. The highest BCUT2D eigenvalue weighted by molar-refractivity contribution is 5.08. The third-order valence-corrected chi connectivity index (χ3v) is 1.67. The molecule has 1 rings (SSSR count). The molecular formula is C10H18N2. The zero-order valence-corrected chi connectivity index (χ0v) is 8.28. The number of nitrogens with zero attached hydrogens (tertiary/aromatic N) is 1. The van der Waals surface area contributed by atoms with E-state index < -0.39 is 0 Å². The summed E-state index contributed by atoms with van der Waals surface area (Å²) in [5.41, 5.74) is 3.41. The van der Waals surface area contributed by atoms with E-state index >= 15 is 0 Å². The van der Waals surface area contributed by atoms with Crippen LogP contribution in [0.4, 0.5) is 0 Å². The highest BCUT2D eigenvalue weighted by Gasteiger charge is 2.08. The molecule has 0 unspecified atom stereocenters. The molecule has 1 saturated heterocycles. The largest absolute Gasteiger partial charge is 0.254 e. The number of hydrazine groups is 1. The molecule has 1 aliphatic heterocycles. The number of hydrogen-bond acceptors (Lipinski definition) is 2. The van der Waals surface area contributed by atoms with E-state index in [1.807, 2.05) is 0 Å². The lowest BCUT2D eigenvalue weighted by Gasteiger charge is -2.11. The Hall–Kier alpha value is -0.520. The summed E-state index contributed by atoms with van der Waals surface area (Å²) in [6.07, 6.45) is 1.25. The van der Waals surface area contributed by atoms with Crippen molar-refractivity contribution in [3.63, 3.8) is 0 Å². The highest BCUT2D eigenvalue weighted by atomic mass is 15.5. The van der Waals surface area contributed by atoms with Gasteiger partial charge in [0.1, 0.15) is 0 Å². The molecule has 12 heavy (non-hydrogen) atoms. The molecule has 0 amide bonds. The molecule has 68 valence electrons. The van der Waals surface area contributed by atoms with Crippen LogP contribution in [0.3, 0.4) is 0 Å². The van der Waals surface area contributed by atoms with Crippen molar-refractivity contribution in [3.05, 3.63) is 0 Å². The summed E-state index contributed by atoms with van der Waals surface area (Å²) in [6, 6.07) is 0. The smallest absolute Gasteiger partial charge is 0.0742 e. The van der Waals surface area contributed by atoms with Gasteiger partial charge in [0.2, 0.25) is 0 Å². The number of hydrogen-bond donors (Lipinski definition) is 1. The van der Waals surface area contributed by atoms with E-state index in [4.69, 9.17) is 0 Å². The lowest BCUT2D eigenvalue weighted by atomic mass is 9.98. The van der Waals surface area contributed by atoms with Gasteiger partial charge < -0.3 is 0 Å². The van der Waals surface area contributed by atoms with E-state index in [-0.39, 0.29) is 5.41 Å². The Morgan fingerprint density at radius 1 is 1.42 bits per heavy atom. The van der Waals surface area contributed by atoms with Gasteiger partial charge in [-0.2, -0.15) is 0 Å². The van der Waals surface area contributed by atoms with E-state index in [1.54, 1.807) is 0 Å². The molecule has 0 atom stereocenters. The molecule has 0 aromatic carbocycles. The van der Waals surface area contributed by atoms with Gasteiger partial charge in [0.15, 0.2) is 0 Å². The molecule has 0 radical (unpaired) electrons. The number of nitrogens with one attached hydrogen (secondary N) is 1. The standard InChI is InChI=1S/C10H18N2/c1-10(2,3)6-4-8-12-9-5-7-11-12/h11H,5,7-9H2,1-3H3. The first kappa shape index (κ1) is 9.57. The average molecular weight is 166 g/mol. The van der Waals surface area contributed by atoms with Gasteiger partial charge in [0.25, 0.3) is 0 Å². The molecular weight excluding hydrogens is 148 g/mol. The van der Waals surface area contributed by atoms with Gasteiger partial charge in [-0.25, -0.2) is 5.01 Å². The van der Waals surface area contributed by atoms with E-state index in [1.165, 1.54) is 6.42 Å². The zero-order valence-electron chi connectivity index (χ0n) is 8.28. The molecule has 0 aromatic heterocycles. The second kappa shape index (κ2) is 3.93. The molecule has 1 heterocycles. The number of rotatable bonds is 1. The highest BCUT2D eigenvalue weighted by Crippen LogP contribution is 2.09. The van der Waals surface area contributed by atoms with Crippen molar-refractivity contribution in [1.29, 1.82) is 0 Å². The van der Waals surface area contributed by atoms with Gasteiger partial charge >= 0.3 is 0 Å². The van der Waals surface area contributed by atoms with Crippen LogP contribution in [0.15, 0.2) is 0 Å². The van der Waals surface area contributed by atoms with Crippen LogP contribution >= 0.6 is 0 Å². The fourth-order valence-electron chi connectivity index (χ4n) is 1.12. The minimum absolute atomic E-state index is 0.139. The van der Waals surface area contributed by atoms with Crippen LogP contribution in [0.1, 0.15) is 27.2 Å². The maximum absolute atomic E-state index is 3.27. The molecule has 0 aromatic rings. The molecule has 0 spiro atoms. The molecule has 1 fully saturated rings. The fraction of sp³-hybridized carbons (Fsp3) is 0.800. The van der Waals surface area contributed by atoms with Crippen molar-refractivity contribution >= 4 is 0 Å². The lowest BCUT2D eigenvalue weighted by molar-refractivity contribution is 0.287. The maximum atomic E-state index is 3.27. The predicted molar refractivity (Wildman–Crippen MR) is 51.4 cm³/mol. The Kier molecular flexibility index (Phi) is 3.13. The average Bonchev–Trinajstić information content (AvgIpc) is 2.36. The molecule has 0 aliphatic carbocycles. The Labute approximate surface area is 75.3 Å². The minimum Gasteiger partial charge on any atom is -0.254 e. The second-order valence-corrected chi connectivity index (χ2v) is 4.23. The fourth-order valence-corrected chi connectivity index (χ4v) is 1.12. The lowest BCUT2D eigenvalue weighted by Crippen LogP contribution is -2.31. The third kappa shape index (κ3) is 3.75. The molecule has 1 N–H and O–H groups in total. The monoisotopic (exact) mass is 166 g/mol. The van der Waals surface area contributed by atoms with Gasteiger partial charge in [-0.15, -0.1) is 0 Å². The topological polar surface area (TPSA) is 15.3 Å². The van der Waals surface area contributed by atoms with E-state index in [2.05, 4.69) is 43.0 Å². The van der Waals surface area contributed by atoms with Gasteiger partial charge in [0.05, 0.1) is 6.54 Å². The molecule has 2 heteroatoms. The quantitative estimate of drug-likeness (QED) is 0.590. The summed E-state index contributed by atoms with van der Waals surface area (Å²) >= 11 is 0. The van der Waals surface area contributed by atoms with Crippen molar-refractivity contribution in [2.75, 3.05) is 19.6 Å². The summed E-state index contributed by atoms with van der Waals surface area (Å²) in [6.45, 7) is 9.51. The van der Waals surface area contributed by atoms with Crippen molar-refractivity contribution in [2.24, 2.45) is 5.41 Å². The van der Waals surface area contributed by atoms with Crippen LogP contribution in [-0.2, 0) is 0 Å². The van der Waals surface area contributed by atoms with E-state index in [0.29, 0.717) is 0 Å². The Balaban J connectivity index is 2.26. The summed E-state index contributed by atoms with van der Waals surface area (Å²) in [4.78, 5) is 0. The summed E-state index contributed by atoms with van der Waals surface area (Å²) in [7, 11) is 0. The van der Waals surface area contributed by atoms with Crippen molar-refractivity contribution in [2.45, 2.75) is 27.2 Å². The molecule has 1 aliphatic rings. The Morgan fingerprint density at radius 2 is 2.17 bits per heavy atom. The minimum atomic E-state index is 0.139. The summed E-state index contributed by atoms with van der Waals surface area (Å²) < 4.78 is 0. The van der Waals surface area contributed by atoms with Crippen molar-refractivity contribution < 1.29 is 0 Å².